The van der Waals surface area contributed by atoms with Crippen LogP contribution in [-0.4, -0.2) is 49.3 Å². The van der Waals surface area contributed by atoms with Gasteiger partial charge in [0.25, 0.3) is 0 Å². The topological polar surface area (TPSA) is 105 Å². The van der Waals surface area contributed by atoms with E-state index in [2.05, 4.69) is 13.8 Å². The molecule has 8 heteroatoms. The number of benzene rings is 2. The molecular formula is C30H40O8. The van der Waals surface area contributed by atoms with Gasteiger partial charge in [0.1, 0.15) is 0 Å². The molecular weight excluding hydrogens is 488 g/mol. The van der Waals surface area contributed by atoms with E-state index in [1.807, 2.05) is 0 Å². The summed E-state index contributed by atoms with van der Waals surface area (Å²) in [4.78, 5) is 49.3. The molecule has 2 rings (SSSR count). The van der Waals surface area contributed by atoms with Crippen LogP contribution in [0.15, 0.2) is 36.4 Å². The molecule has 0 spiro atoms. The highest BCUT2D eigenvalue weighted by atomic mass is 16.6. The third kappa shape index (κ3) is 10.1. The molecule has 0 aliphatic carbocycles. The number of hydrogen-bond donors (Lipinski definition) is 0. The first-order chi connectivity index (χ1) is 18.3. The molecule has 2 unspecified atom stereocenters. The summed E-state index contributed by atoms with van der Waals surface area (Å²) < 4.78 is 20.9. The first kappa shape index (κ1) is 30.8. The summed E-state index contributed by atoms with van der Waals surface area (Å²) in [6.45, 7) is 7.78. The Morgan fingerprint density at radius 3 is 1.37 bits per heavy atom. The highest BCUT2D eigenvalue weighted by Gasteiger charge is 2.22. The summed E-state index contributed by atoms with van der Waals surface area (Å²) in [5, 5.41) is 1.39. The zero-order valence-electron chi connectivity index (χ0n) is 23.0. The Morgan fingerprint density at radius 1 is 0.605 bits per heavy atom. The summed E-state index contributed by atoms with van der Waals surface area (Å²) in [6, 6.07) is 9.70. The van der Waals surface area contributed by atoms with Crippen molar-refractivity contribution in [2.24, 2.45) is 0 Å². The second kappa shape index (κ2) is 16.4. The molecule has 0 aliphatic heterocycles. The molecule has 2 aromatic carbocycles. The standard InChI is InChI=1S/C30H40O8/c1-5-7-9-11-17-35-27(31)21(3)37-29(33)25-15-13-24-20-26(16-14-23(24)19-25)30(34)38-22(4)28(32)36-18-12-10-8-6-2/h13-16,19-22H,5-12,17-18H2,1-4H3. The van der Waals surface area contributed by atoms with Gasteiger partial charge in [-0.3, -0.25) is 0 Å². The molecule has 0 aliphatic rings. The number of fused-ring (bicyclic) bond motifs is 1. The molecule has 0 N–H and O–H groups in total. The lowest BCUT2D eigenvalue weighted by Crippen LogP contribution is -2.26. The van der Waals surface area contributed by atoms with Gasteiger partial charge in [-0.05, 0) is 61.7 Å². The first-order valence-corrected chi connectivity index (χ1v) is 13.6. The minimum Gasteiger partial charge on any atom is -0.463 e. The van der Waals surface area contributed by atoms with Crippen LogP contribution < -0.4 is 0 Å². The average Bonchev–Trinajstić information content (AvgIpc) is 2.91. The van der Waals surface area contributed by atoms with E-state index in [1.54, 1.807) is 36.4 Å². The molecule has 0 fully saturated rings. The van der Waals surface area contributed by atoms with Gasteiger partial charge in [0, 0.05) is 0 Å². The summed E-state index contributed by atoms with van der Waals surface area (Å²) in [5.74, 6) is -2.44. The zero-order valence-corrected chi connectivity index (χ0v) is 23.0. The van der Waals surface area contributed by atoms with Crippen LogP contribution in [0, 0.1) is 0 Å². The molecule has 2 aromatic rings. The molecule has 0 radical (unpaired) electrons. The van der Waals surface area contributed by atoms with Gasteiger partial charge in [-0.25, -0.2) is 19.2 Å². The van der Waals surface area contributed by atoms with Crippen molar-refractivity contribution in [3.63, 3.8) is 0 Å². The normalized spacial score (nSPS) is 12.4. The molecule has 8 nitrogen and oxygen atoms in total. The SMILES string of the molecule is CCCCCCOC(=O)C(C)OC(=O)c1ccc2cc(C(=O)OC(C)C(=O)OCCCCCC)ccc2c1. The Labute approximate surface area is 225 Å². The number of carbonyl (C=O) groups excluding carboxylic acids is 4. The van der Waals surface area contributed by atoms with Crippen molar-refractivity contribution >= 4 is 34.6 Å². The van der Waals surface area contributed by atoms with E-state index in [9.17, 15) is 19.2 Å². The van der Waals surface area contributed by atoms with Crippen molar-refractivity contribution in [1.82, 2.24) is 0 Å². The molecule has 0 saturated carbocycles. The van der Waals surface area contributed by atoms with E-state index < -0.39 is 36.1 Å². The lowest BCUT2D eigenvalue weighted by atomic mass is 10.0. The summed E-state index contributed by atoms with van der Waals surface area (Å²) >= 11 is 0. The third-order valence-corrected chi connectivity index (χ3v) is 6.03. The smallest absolute Gasteiger partial charge is 0.347 e. The van der Waals surface area contributed by atoms with Crippen molar-refractivity contribution < 1.29 is 38.1 Å². The van der Waals surface area contributed by atoms with E-state index in [0.29, 0.717) is 24.0 Å². The van der Waals surface area contributed by atoms with Crippen LogP contribution in [0.5, 0.6) is 0 Å². The van der Waals surface area contributed by atoms with Crippen molar-refractivity contribution in [3.05, 3.63) is 47.5 Å². The van der Waals surface area contributed by atoms with E-state index in [0.717, 1.165) is 51.4 Å². The van der Waals surface area contributed by atoms with Crippen molar-refractivity contribution in [1.29, 1.82) is 0 Å². The zero-order chi connectivity index (χ0) is 27.9. The second-order valence-electron chi connectivity index (χ2n) is 9.33. The van der Waals surface area contributed by atoms with Crippen molar-refractivity contribution in [2.45, 2.75) is 91.3 Å². The number of unbranched alkanes of at least 4 members (excludes halogenated alkanes) is 6. The van der Waals surface area contributed by atoms with Crippen LogP contribution in [0.4, 0.5) is 0 Å². The van der Waals surface area contributed by atoms with Gasteiger partial charge in [0.2, 0.25) is 0 Å². The number of rotatable bonds is 16. The van der Waals surface area contributed by atoms with Crippen molar-refractivity contribution in [3.8, 4) is 0 Å². The molecule has 38 heavy (non-hydrogen) atoms. The maximum Gasteiger partial charge on any atom is 0.347 e. The third-order valence-electron chi connectivity index (χ3n) is 6.03. The van der Waals surface area contributed by atoms with Crippen LogP contribution in [0.1, 0.15) is 99.8 Å². The predicted molar refractivity (Wildman–Crippen MR) is 144 cm³/mol. The van der Waals surface area contributed by atoms with Gasteiger partial charge >= 0.3 is 23.9 Å². The van der Waals surface area contributed by atoms with Gasteiger partial charge in [0.15, 0.2) is 12.2 Å². The van der Waals surface area contributed by atoms with E-state index >= 15 is 0 Å². The number of esters is 4. The fourth-order valence-electron chi connectivity index (χ4n) is 3.69. The molecule has 0 aromatic heterocycles. The second-order valence-corrected chi connectivity index (χ2v) is 9.33. The van der Waals surface area contributed by atoms with Gasteiger partial charge in [0.05, 0.1) is 24.3 Å². The van der Waals surface area contributed by atoms with Crippen LogP contribution in [0.3, 0.4) is 0 Å². The van der Waals surface area contributed by atoms with Gasteiger partial charge in [-0.1, -0.05) is 64.5 Å². The summed E-state index contributed by atoms with van der Waals surface area (Å²) in [7, 11) is 0. The lowest BCUT2D eigenvalue weighted by molar-refractivity contribution is -0.153. The number of ether oxygens (including phenoxy) is 4. The summed E-state index contributed by atoms with van der Waals surface area (Å²) in [6.07, 6.45) is 5.84. The maximum atomic E-state index is 12.6. The largest absolute Gasteiger partial charge is 0.463 e. The molecule has 0 amide bonds. The van der Waals surface area contributed by atoms with Gasteiger partial charge < -0.3 is 18.9 Å². The van der Waals surface area contributed by atoms with Gasteiger partial charge in [-0.2, -0.15) is 0 Å². The Hall–Kier alpha value is -3.42. The molecule has 208 valence electrons. The minimum atomic E-state index is -1.02. The monoisotopic (exact) mass is 528 g/mol. The maximum absolute atomic E-state index is 12.6. The Balaban J connectivity index is 1.91. The Bertz CT molecular complexity index is 992. The molecule has 0 bridgehead atoms. The number of hydrogen-bond acceptors (Lipinski definition) is 8. The highest BCUT2D eigenvalue weighted by molar-refractivity contribution is 5.99. The van der Waals surface area contributed by atoms with E-state index in [4.69, 9.17) is 18.9 Å². The van der Waals surface area contributed by atoms with Crippen molar-refractivity contribution in [2.75, 3.05) is 13.2 Å². The Kier molecular flexibility index (Phi) is 13.3. The quantitative estimate of drug-likeness (QED) is 0.145. The first-order valence-electron chi connectivity index (χ1n) is 13.6. The minimum absolute atomic E-state index is 0.269. The predicted octanol–water partition coefficient (Wildman–Crippen LogP) is 6.18. The Morgan fingerprint density at radius 2 is 1.00 bits per heavy atom. The molecule has 2 atom stereocenters. The number of carbonyl (C=O) groups is 4. The fourth-order valence-corrected chi connectivity index (χ4v) is 3.69. The summed E-state index contributed by atoms with van der Waals surface area (Å²) in [5.41, 5.74) is 0.538. The van der Waals surface area contributed by atoms with Crippen LogP contribution in [0.25, 0.3) is 10.8 Å². The van der Waals surface area contributed by atoms with E-state index in [1.165, 1.54) is 13.8 Å². The van der Waals surface area contributed by atoms with E-state index in [-0.39, 0.29) is 11.1 Å². The van der Waals surface area contributed by atoms with Crippen LogP contribution in [-0.2, 0) is 28.5 Å². The molecule has 0 heterocycles. The average molecular weight is 529 g/mol. The lowest BCUT2D eigenvalue weighted by Gasteiger charge is -2.14. The van der Waals surface area contributed by atoms with Crippen LogP contribution in [0.2, 0.25) is 0 Å². The van der Waals surface area contributed by atoms with Crippen LogP contribution >= 0.6 is 0 Å². The molecule has 0 saturated heterocycles. The van der Waals surface area contributed by atoms with Gasteiger partial charge in [-0.15, -0.1) is 0 Å². The fraction of sp³-hybridized carbons (Fsp3) is 0.533. The highest BCUT2D eigenvalue weighted by Crippen LogP contribution is 2.20.